The molecule has 116 valence electrons. The van der Waals surface area contributed by atoms with Crippen LogP contribution in [0, 0.1) is 11.8 Å². The third kappa shape index (κ3) is 6.54. The van der Waals surface area contributed by atoms with Crippen molar-refractivity contribution in [2.45, 2.75) is 59.5 Å². The molecule has 0 aliphatic heterocycles. The highest BCUT2D eigenvalue weighted by Gasteiger charge is 2.27. The smallest absolute Gasteiger partial charge is 0.326 e. The topological polar surface area (TPSA) is 95.5 Å². The predicted octanol–water partition coefficient (Wildman–Crippen LogP) is 1.15. The van der Waals surface area contributed by atoms with Crippen molar-refractivity contribution < 1.29 is 19.5 Å². The number of carboxylic acids is 1. The molecular formula is C14H26N2O4. The van der Waals surface area contributed by atoms with Gasteiger partial charge in [-0.3, -0.25) is 9.59 Å². The Morgan fingerprint density at radius 2 is 1.60 bits per heavy atom. The van der Waals surface area contributed by atoms with Crippen molar-refractivity contribution in [3.63, 3.8) is 0 Å². The predicted molar refractivity (Wildman–Crippen MR) is 76.1 cm³/mol. The van der Waals surface area contributed by atoms with Crippen molar-refractivity contribution in [2.24, 2.45) is 11.8 Å². The molecule has 0 rings (SSSR count). The first-order valence-corrected chi connectivity index (χ1v) is 7.01. The van der Waals surface area contributed by atoms with Crippen LogP contribution in [0.25, 0.3) is 0 Å². The van der Waals surface area contributed by atoms with Gasteiger partial charge in [0.05, 0.1) is 0 Å². The van der Waals surface area contributed by atoms with Gasteiger partial charge in [0, 0.05) is 6.42 Å². The summed E-state index contributed by atoms with van der Waals surface area (Å²) in [6.07, 6.45) is 0.637. The zero-order valence-corrected chi connectivity index (χ0v) is 12.9. The van der Waals surface area contributed by atoms with Gasteiger partial charge >= 0.3 is 5.97 Å². The van der Waals surface area contributed by atoms with Crippen LogP contribution >= 0.6 is 0 Å². The highest BCUT2D eigenvalue weighted by Crippen LogP contribution is 2.06. The molecule has 0 aliphatic rings. The minimum Gasteiger partial charge on any atom is -0.480 e. The van der Waals surface area contributed by atoms with Crippen molar-refractivity contribution in [3.05, 3.63) is 0 Å². The van der Waals surface area contributed by atoms with E-state index >= 15 is 0 Å². The number of hydrogen-bond acceptors (Lipinski definition) is 3. The second-order valence-electron chi connectivity index (χ2n) is 5.69. The third-order valence-corrected chi connectivity index (χ3v) is 2.88. The summed E-state index contributed by atoms with van der Waals surface area (Å²) in [5, 5.41) is 14.1. The van der Waals surface area contributed by atoms with E-state index in [9.17, 15) is 14.4 Å². The lowest BCUT2D eigenvalue weighted by molar-refractivity contribution is -0.142. The lowest BCUT2D eigenvalue weighted by Crippen LogP contribution is -2.53. The highest BCUT2D eigenvalue weighted by molar-refractivity contribution is 5.90. The van der Waals surface area contributed by atoms with Crippen LogP contribution in [0.5, 0.6) is 0 Å². The molecule has 0 radical (unpaired) electrons. The molecule has 0 spiro atoms. The minimum absolute atomic E-state index is 0.114. The average Bonchev–Trinajstić information content (AvgIpc) is 2.30. The zero-order valence-electron chi connectivity index (χ0n) is 12.9. The summed E-state index contributed by atoms with van der Waals surface area (Å²) in [7, 11) is 0. The lowest BCUT2D eigenvalue weighted by Gasteiger charge is -2.24. The van der Waals surface area contributed by atoms with E-state index in [0.717, 1.165) is 0 Å². The van der Waals surface area contributed by atoms with E-state index < -0.39 is 24.0 Å². The Balaban J connectivity index is 4.70. The van der Waals surface area contributed by atoms with E-state index in [2.05, 4.69) is 10.6 Å². The van der Waals surface area contributed by atoms with E-state index in [4.69, 9.17) is 5.11 Å². The Morgan fingerprint density at radius 1 is 1.05 bits per heavy atom. The second kappa shape index (κ2) is 8.55. The van der Waals surface area contributed by atoms with Gasteiger partial charge in [-0.05, 0) is 18.3 Å². The molecule has 0 saturated carbocycles. The lowest BCUT2D eigenvalue weighted by atomic mass is 10.0. The maximum atomic E-state index is 12.1. The summed E-state index contributed by atoms with van der Waals surface area (Å²) >= 11 is 0. The van der Waals surface area contributed by atoms with Crippen LogP contribution in [0.15, 0.2) is 0 Å². The number of carbonyl (C=O) groups is 3. The maximum Gasteiger partial charge on any atom is 0.326 e. The van der Waals surface area contributed by atoms with Crippen molar-refractivity contribution in [1.82, 2.24) is 10.6 Å². The Kier molecular flexibility index (Phi) is 7.87. The fraction of sp³-hybridized carbons (Fsp3) is 0.786. The van der Waals surface area contributed by atoms with Gasteiger partial charge in [-0.1, -0.05) is 34.6 Å². The number of carboxylic acid groups (broad SMARTS) is 1. The van der Waals surface area contributed by atoms with Crippen LogP contribution in [0.1, 0.15) is 47.5 Å². The summed E-state index contributed by atoms with van der Waals surface area (Å²) in [6.45, 7) is 9.13. The standard InChI is InChI=1S/C14H26N2O4/c1-6-10(14(19)20)15-13(18)12(9(4)5)16-11(17)7-8(2)3/h8-10,12H,6-7H2,1-5H3,(H,15,18)(H,16,17)(H,19,20). The number of rotatable bonds is 8. The van der Waals surface area contributed by atoms with Gasteiger partial charge in [0.1, 0.15) is 12.1 Å². The molecule has 2 unspecified atom stereocenters. The molecule has 2 atom stereocenters. The third-order valence-electron chi connectivity index (χ3n) is 2.88. The zero-order chi connectivity index (χ0) is 15.9. The molecule has 0 aromatic rings. The Hall–Kier alpha value is -1.59. The van der Waals surface area contributed by atoms with Crippen LogP contribution in [-0.2, 0) is 14.4 Å². The minimum atomic E-state index is -1.07. The van der Waals surface area contributed by atoms with Crippen molar-refractivity contribution in [1.29, 1.82) is 0 Å². The van der Waals surface area contributed by atoms with Crippen LogP contribution in [0.3, 0.4) is 0 Å². The first-order chi connectivity index (χ1) is 9.18. The van der Waals surface area contributed by atoms with E-state index in [-0.39, 0.29) is 17.7 Å². The van der Waals surface area contributed by atoms with Gasteiger partial charge in [0.2, 0.25) is 11.8 Å². The van der Waals surface area contributed by atoms with E-state index in [0.29, 0.717) is 12.8 Å². The van der Waals surface area contributed by atoms with Gasteiger partial charge in [-0.2, -0.15) is 0 Å². The van der Waals surface area contributed by atoms with E-state index in [1.165, 1.54) is 0 Å². The van der Waals surface area contributed by atoms with Crippen molar-refractivity contribution in [3.8, 4) is 0 Å². The van der Waals surface area contributed by atoms with Crippen molar-refractivity contribution in [2.75, 3.05) is 0 Å². The molecule has 0 bridgehead atoms. The monoisotopic (exact) mass is 286 g/mol. The first kappa shape index (κ1) is 18.4. The molecule has 6 heteroatoms. The average molecular weight is 286 g/mol. The molecule has 6 nitrogen and oxygen atoms in total. The van der Waals surface area contributed by atoms with Gasteiger partial charge in [-0.15, -0.1) is 0 Å². The summed E-state index contributed by atoms with van der Waals surface area (Å²) in [4.78, 5) is 34.8. The van der Waals surface area contributed by atoms with Crippen molar-refractivity contribution >= 4 is 17.8 Å². The fourth-order valence-electron chi connectivity index (χ4n) is 1.74. The number of amides is 2. The largest absolute Gasteiger partial charge is 0.480 e. The number of carbonyl (C=O) groups excluding carboxylic acids is 2. The molecule has 0 saturated heterocycles. The molecule has 0 aliphatic carbocycles. The maximum absolute atomic E-state index is 12.1. The van der Waals surface area contributed by atoms with Gasteiger partial charge in [0.15, 0.2) is 0 Å². The second-order valence-corrected chi connectivity index (χ2v) is 5.69. The molecule has 0 heterocycles. The summed E-state index contributed by atoms with van der Waals surface area (Å²) in [5.74, 6) is -1.63. The highest BCUT2D eigenvalue weighted by atomic mass is 16.4. The molecule has 0 aromatic carbocycles. The summed E-state index contributed by atoms with van der Waals surface area (Å²) in [6, 6.07) is -1.64. The van der Waals surface area contributed by atoms with Crippen LogP contribution < -0.4 is 10.6 Å². The van der Waals surface area contributed by atoms with Crippen LogP contribution in [0.4, 0.5) is 0 Å². The quantitative estimate of drug-likeness (QED) is 0.624. The van der Waals surface area contributed by atoms with Crippen LogP contribution in [-0.4, -0.2) is 35.0 Å². The Morgan fingerprint density at radius 3 is 1.95 bits per heavy atom. The van der Waals surface area contributed by atoms with E-state index in [1.54, 1.807) is 6.92 Å². The van der Waals surface area contributed by atoms with Gasteiger partial charge < -0.3 is 15.7 Å². The van der Waals surface area contributed by atoms with Gasteiger partial charge in [-0.25, -0.2) is 4.79 Å². The molecule has 3 N–H and O–H groups in total. The number of aliphatic carboxylic acids is 1. The van der Waals surface area contributed by atoms with Crippen LogP contribution in [0.2, 0.25) is 0 Å². The van der Waals surface area contributed by atoms with Gasteiger partial charge in [0.25, 0.3) is 0 Å². The fourth-order valence-corrected chi connectivity index (χ4v) is 1.74. The number of nitrogens with one attached hydrogen (secondary N) is 2. The SMILES string of the molecule is CCC(NC(=O)C(NC(=O)CC(C)C)C(C)C)C(=O)O. The summed E-state index contributed by atoms with van der Waals surface area (Å²) in [5.41, 5.74) is 0. The molecule has 0 aromatic heterocycles. The molecule has 2 amide bonds. The molecule has 20 heavy (non-hydrogen) atoms. The Labute approximate surface area is 120 Å². The summed E-state index contributed by atoms with van der Waals surface area (Å²) < 4.78 is 0. The first-order valence-electron chi connectivity index (χ1n) is 7.01. The number of hydrogen-bond donors (Lipinski definition) is 3. The normalized spacial score (nSPS) is 13.9. The van der Waals surface area contributed by atoms with E-state index in [1.807, 2.05) is 27.7 Å². The Bertz CT molecular complexity index is 353. The molecular weight excluding hydrogens is 260 g/mol. The molecule has 0 fully saturated rings.